The van der Waals surface area contributed by atoms with E-state index >= 15 is 0 Å². The molecule has 1 saturated heterocycles. The Kier molecular flexibility index (Phi) is 7.40. The van der Waals surface area contributed by atoms with Gasteiger partial charge in [0.25, 0.3) is 0 Å². The number of hydrogen-bond acceptors (Lipinski definition) is 7. The molecule has 5 rings (SSSR count). The minimum absolute atomic E-state index is 0.0637. The van der Waals surface area contributed by atoms with Crippen molar-refractivity contribution < 1.29 is 9.53 Å². The molecule has 0 unspecified atom stereocenters. The van der Waals surface area contributed by atoms with E-state index in [0.717, 1.165) is 60.8 Å². The number of thiazole rings is 1. The largest absolute Gasteiger partial charge is 0.486 e. The van der Waals surface area contributed by atoms with Gasteiger partial charge >= 0.3 is 0 Å². The van der Waals surface area contributed by atoms with Crippen molar-refractivity contribution in [3.05, 3.63) is 76.5 Å². The summed E-state index contributed by atoms with van der Waals surface area (Å²) in [5.74, 6) is 1.40. The summed E-state index contributed by atoms with van der Waals surface area (Å²) in [6.07, 6.45) is 1.98. The molecule has 0 aliphatic carbocycles. The molecular weight excluding hydrogens is 470 g/mol. The van der Waals surface area contributed by atoms with E-state index in [9.17, 15) is 10.1 Å². The van der Waals surface area contributed by atoms with Crippen molar-refractivity contribution in [2.75, 3.05) is 19.6 Å². The number of nitriles is 1. The molecule has 1 fully saturated rings. The number of carbonyl (C=O) groups excluding carboxylic acids is 1. The van der Waals surface area contributed by atoms with Gasteiger partial charge in [-0.3, -0.25) is 9.69 Å². The van der Waals surface area contributed by atoms with Crippen molar-refractivity contribution >= 4 is 28.2 Å². The topological polar surface area (TPSA) is 84.0 Å². The van der Waals surface area contributed by atoms with Gasteiger partial charge in [0.2, 0.25) is 0 Å². The van der Waals surface area contributed by atoms with Crippen molar-refractivity contribution in [3.8, 4) is 11.8 Å². The molecule has 4 aromatic rings. The number of benzene rings is 2. The van der Waals surface area contributed by atoms with Gasteiger partial charge in [-0.15, -0.1) is 11.3 Å². The number of fused-ring (bicyclic) bond motifs is 1. The Bertz CT molecular complexity index is 1370. The van der Waals surface area contributed by atoms with Crippen LogP contribution in [0.2, 0.25) is 0 Å². The van der Waals surface area contributed by atoms with Crippen LogP contribution in [0.1, 0.15) is 35.3 Å². The third-order valence-electron chi connectivity index (χ3n) is 6.71. The summed E-state index contributed by atoms with van der Waals surface area (Å²) >= 11 is 1.39. The average Bonchev–Trinajstić information content (AvgIpc) is 3.48. The number of aromatic nitrogens is 3. The summed E-state index contributed by atoms with van der Waals surface area (Å²) < 4.78 is 8.32. The van der Waals surface area contributed by atoms with Gasteiger partial charge in [-0.1, -0.05) is 30.3 Å². The number of piperidine rings is 1. The molecule has 0 saturated carbocycles. The highest BCUT2D eigenvalue weighted by molar-refractivity contribution is 7.09. The summed E-state index contributed by atoms with van der Waals surface area (Å²) in [4.78, 5) is 24.2. The Balaban J connectivity index is 1.21. The Morgan fingerprint density at radius 1 is 1.14 bits per heavy atom. The molecule has 1 atom stereocenters. The molecule has 7 nitrogen and oxygen atoms in total. The van der Waals surface area contributed by atoms with E-state index in [0.29, 0.717) is 24.1 Å². The number of para-hydroxylation sites is 3. The second kappa shape index (κ2) is 11.0. The fraction of sp³-hybridized carbons (Fsp3) is 0.357. The fourth-order valence-corrected chi connectivity index (χ4v) is 5.63. The molecule has 36 heavy (non-hydrogen) atoms. The van der Waals surface area contributed by atoms with Gasteiger partial charge in [0.05, 0.1) is 23.6 Å². The van der Waals surface area contributed by atoms with Crippen LogP contribution in [0.4, 0.5) is 0 Å². The van der Waals surface area contributed by atoms with Gasteiger partial charge in [-0.2, -0.15) is 5.26 Å². The Labute approximate surface area is 215 Å². The number of imidazole rings is 1. The highest BCUT2D eigenvalue weighted by Gasteiger charge is 2.28. The summed E-state index contributed by atoms with van der Waals surface area (Å²) in [6.45, 7) is 5.15. The van der Waals surface area contributed by atoms with Crippen molar-refractivity contribution in [2.45, 2.75) is 38.8 Å². The molecule has 1 aliphatic rings. The summed E-state index contributed by atoms with van der Waals surface area (Å²) in [5.41, 5.74) is 2.95. The number of rotatable bonds is 9. The van der Waals surface area contributed by atoms with Crippen molar-refractivity contribution in [3.63, 3.8) is 0 Å². The minimum Gasteiger partial charge on any atom is -0.486 e. The zero-order valence-corrected chi connectivity index (χ0v) is 21.2. The van der Waals surface area contributed by atoms with E-state index in [2.05, 4.69) is 26.6 Å². The van der Waals surface area contributed by atoms with Crippen LogP contribution in [0.15, 0.2) is 60.0 Å². The zero-order chi connectivity index (χ0) is 24.9. The lowest BCUT2D eigenvalue weighted by molar-refractivity contribution is -0.120. The first-order valence-corrected chi connectivity index (χ1v) is 13.2. The van der Waals surface area contributed by atoms with Crippen LogP contribution in [-0.4, -0.2) is 44.9 Å². The van der Waals surface area contributed by atoms with Crippen molar-refractivity contribution in [1.82, 2.24) is 19.4 Å². The molecule has 2 aromatic carbocycles. The number of aryl methyl sites for hydroxylation is 1. The lowest BCUT2D eigenvalue weighted by atomic mass is 9.95. The zero-order valence-electron chi connectivity index (χ0n) is 20.3. The molecular formula is C28H29N5O2S. The second-order valence-electron chi connectivity index (χ2n) is 9.30. The first kappa shape index (κ1) is 24.2. The first-order chi connectivity index (χ1) is 17.6. The maximum absolute atomic E-state index is 12.8. The number of ketones is 1. The Hall–Kier alpha value is -3.54. The predicted octanol–water partition coefficient (Wildman–Crippen LogP) is 4.97. The molecule has 1 aliphatic heterocycles. The highest BCUT2D eigenvalue weighted by Crippen LogP contribution is 2.26. The maximum atomic E-state index is 12.8. The smallest absolute Gasteiger partial charge is 0.170 e. The number of hydrogen-bond donors (Lipinski definition) is 0. The lowest BCUT2D eigenvalue weighted by Crippen LogP contribution is -2.39. The van der Waals surface area contributed by atoms with Crippen LogP contribution in [-0.2, 0) is 17.9 Å². The summed E-state index contributed by atoms with van der Waals surface area (Å²) in [6, 6.07) is 20.2. The van der Waals surface area contributed by atoms with E-state index in [1.807, 2.05) is 60.8 Å². The van der Waals surface area contributed by atoms with Crippen LogP contribution in [0.3, 0.4) is 0 Å². The molecule has 8 heteroatoms. The molecule has 0 spiro atoms. The monoisotopic (exact) mass is 499 g/mol. The SMILES string of the molecule is Cc1csc([C@@H](C#N)C(=O)CN2CCC(Cn3c(COc4ccccc4)nc4ccccc43)CC2)n1. The van der Waals surface area contributed by atoms with E-state index in [1.165, 1.54) is 11.3 Å². The second-order valence-corrected chi connectivity index (χ2v) is 10.2. The standard InChI is InChI=1S/C28H29N5O2S/c1-20-19-36-28(30-20)23(15-29)26(34)17-32-13-11-21(12-14-32)16-33-25-10-6-5-9-24(25)31-27(33)18-35-22-7-3-2-4-8-22/h2-10,19,21,23H,11-14,16-18H2,1H3/t23-/m0/s1. The average molecular weight is 500 g/mol. The van der Waals surface area contributed by atoms with Crippen LogP contribution in [0.25, 0.3) is 11.0 Å². The quantitative estimate of drug-likeness (QED) is 0.323. The number of carbonyl (C=O) groups is 1. The number of ether oxygens (including phenoxy) is 1. The van der Waals surface area contributed by atoms with E-state index in [4.69, 9.17) is 9.72 Å². The van der Waals surface area contributed by atoms with Gasteiger partial charge in [0, 0.05) is 17.6 Å². The molecule has 0 bridgehead atoms. The minimum atomic E-state index is -0.772. The van der Waals surface area contributed by atoms with Gasteiger partial charge in [0.15, 0.2) is 11.7 Å². The number of likely N-dealkylation sites (tertiary alicyclic amines) is 1. The third kappa shape index (κ3) is 5.48. The van der Waals surface area contributed by atoms with Crippen LogP contribution >= 0.6 is 11.3 Å². The van der Waals surface area contributed by atoms with Crippen molar-refractivity contribution in [1.29, 1.82) is 5.26 Å². The van der Waals surface area contributed by atoms with Gasteiger partial charge < -0.3 is 9.30 Å². The van der Waals surface area contributed by atoms with E-state index in [1.54, 1.807) is 0 Å². The van der Waals surface area contributed by atoms with Gasteiger partial charge in [-0.05, 0) is 63.0 Å². The molecule has 184 valence electrons. The van der Waals surface area contributed by atoms with E-state index < -0.39 is 5.92 Å². The normalized spacial score (nSPS) is 15.6. The van der Waals surface area contributed by atoms with Gasteiger partial charge in [0.1, 0.15) is 23.2 Å². The van der Waals surface area contributed by atoms with Crippen LogP contribution in [0, 0.1) is 24.2 Å². The number of Topliss-reactive ketones (excluding diaryl/α,β-unsaturated/α-hetero) is 1. The van der Waals surface area contributed by atoms with E-state index in [-0.39, 0.29) is 5.78 Å². The molecule has 0 N–H and O–H groups in total. The molecule has 2 aromatic heterocycles. The molecule has 0 amide bonds. The highest BCUT2D eigenvalue weighted by atomic mass is 32.1. The fourth-order valence-electron chi connectivity index (χ4n) is 4.77. The Morgan fingerprint density at radius 3 is 2.61 bits per heavy atom. The van der Waals surface area contributed by atoms with Crippen molar-refractivity contribution in [2.24, 2.45) is 5.92 Å². The first-order valence-electron chi connectivity index (χ1n) is 12.3. The molecule has 0 radical (unpaired) electrons. The number of nitrogens with zero attached hydrogens (tertiary/aromatic N) is 5. The van der Waals surface area contributed by atoms with Crippen LogP contribution in [0.5, 0.6) is 5.75 Å². The van der Waals surface area contributed by atoms with Gasteiger partial charge in [-0.25, -0.2) is 9.97 Å². The maximum Gasteiger partial charge on any atom is 0.170 e. The molecule has 3 heterocycles. The third-order valence-corrected chi connectivity index (χ3v) is 7.73. The predicted molar refractivity (Wildman–Crippen MR) is 140 cm³/mol. The summed E-state index contributed by atoms with van der Waals surface area (Å²) in [5, 5.41) is 12.1. The van der Waals surface area contributed by atoms with Crippen LogP contribution < -0.4 is 4.74 Å². The summed E-state index contributed by atoms with van der Waals surface area (Å²) in [7, 11) is 0. The Morgan fingerprint density at radius 2 is 1.89 bits per heavy atom. The lowest BCUT2D eigenvalue weighted by Gasteiger charge is -2.32.